The molecule has 0 spiro atoms. The van der Waals surface area contributed by atoms with Gasteiger partial charge in [-0.05, 0) is 44.7 Å². The SMILES string of the molecule is O=C1CC/C=C\c2c(Cl)cc3[nH]ncc3c2-c2ncc3c(nc(OC[C@@]45CCCN4C[C@H](F)C5)nc3c2F)N2CCC[C@H](C2)O1. The average Bonchev–Trinajstić information content (AvgIpc) is 3.72. The van der Waals surface area contributed by atoms with Crippen molar-refractivity contribution in [3.63, 3.8) is 0 Å². The number of benzene rings is 1. The van der Waals surface area contributed by atoms with E-state index in [1.165, 1.54) is 0 Å². The fourth-order valence-electron chi connectivity index (χ4n) is 7.52. The number of pyridine rings is 1. The number of allylic oxidation sites excluding steroid dienone is 1. The molecular weight excluding hydrogens is 604 g/mol. The molecule has 0 radical (unpaired) electrons. The van der Waals surface area contributed by atoms with E-state index in [4.69, 9.17) is 26.1 Å². The van der Waals surface area contributed by atoms with Gasteiger partial charge in [-0.15, -0.1) is 0 Å². The number of rotatable bonds is 3. The average molecular weight is 636 g/mol. The van der Waals surface area contributed by atoms with E-state index >= 15 is 4.39 Å². The summed E-state index contributed by atoms with van der Waals surface area (Å²) in [6.07, 6.45) is 9.83. The number of nitrogens with zero attached hydrogens (tertiary/aromatic N) is 6. The molecule has 6 bridgehead atoms. The minimum atomic E-state index is -0.909. The molecule has 0 amide bonds. The molecule has 0 aliphatic carbocycles. The van der Waals surface area contributed by atoms with Crippen molar-refractivity contribution in [1.29, 1.82) is 0 Å². The predicted octanol–water partition coefficient (Wildman–Crippen LogP) is 5.63. The first-order valence-electron chi connectivity index (χ1n) is 15.5. The van der Waals surface area contributed by atoms with Crippen LogP contribution in [0.15, 0.2) is 24.5 Å². The van der Waals surface area contributed by atoms with Gasteiger partial charge in [0.05, 0.1) is 34.2 Å². The smallest absolute Gasteiger partial charge is 0.319 e. The second-order valence-electron chi connectivity index (χ2n) is 12.5. The molecule has 45 heavy (non-hydrogen) atoms. The highest BCUT2D eigenvalue weighted by Crippen LogP contribution is 2.42. The normalized spacial score (nSPS) is 26.0. The lowest BCUT2D eigenvalue weighted by molar-refractivity contribution is -0.149. The number of aromatic nitrogens is 5. The standard InChI is InChI=1S/C32H32ClF2N7O3/c33-23-11-24-21(14-37-40-24)26-20(23)6-1-2-7-25(43)45-19-5-3-9-41(16-19)30-22-13-36-29(26)27(35)28(22)38-31(39-30)44-17-32-8-4-10-42(32)15-18(34)12-32/h1,6,11,13-14,18-19H,2-5,7-10,12,15-17H2,(H,37,40)/b6-1-/t18-,19-,32+/m1/s1. The molecule has 3 atom stereocenters. The number of hydrogen-bond donors (Lipinski definition) is 1. The molecule has 4 aromatic rings. The number of hydrogen-bond acceptors (Lipinski definition) is 9. The number of halogens is 3. The van der Waals surface area contributed by atoms with Gasteiger partial charge in [0.2, 0.25) is 0 Å². The maximum atomic E-state index is 16.9. The van der Waals surface area contributed by atoms with Gasteiger partial charge < -0.3 is 14.4 Å². The molecule has 3 fully saturated rings. The Morgan fingerprint density at radius 2 is 2.09 bits per heavy atom. The third-order valence-corrected chi connectivity index (χ3v) is 9.94. The molecule has 5 aliphatic heterocycles. The molecule has 9 rings (SSSR count). The van der Waals surface area contributed by atoms with E-state index in [9.17, 15) is 9.18 Å². The van der Waals surface area contributed by atoms with Crippen LogP contribution < -0.4 is 9.64 Å². The Bertz CT molecular complexity index is 1850. The Morgan fingerprint density at radius 1 is 1.18 bits per heavy atom. The van der Waals surface area contributed by atoms with Gasteiger partial charge in [0, 0.05) is 48.6 Å². The van der Waals surface area contributed by atoms with Crippen molar-refractivity contribution in [2.75, 3.05) is 37.7 Å². The van der Waals surface area contributed by atoms with Gasteiger partial charge >= 0.3 is 12.0 Å². The molecule has 0 saturated carbocycles. The Hall–Kier alpha value is -3.90. The Labute approximate surface area is 262 Å². The minimum absolute atomic E-state index is 0.0111. The molecule has 8 heterocycles. The van der Waals surface area contributed by atoms with Gasteiger partial charge in [-0.25, -0.2) is 8.78 Å². The van der Waals surface area contributed by atoms with Crippen LogP contribution in [0.25, 0.3) is 39.1 Å². The third-order valence-electron chi connectivity index (χ3n) is 9.62. The molecule has 13 heteroatoms. The zero-order chi connectivity index (χ0) is 30.7. The zero-order valence-electron chi connectivity index (χ0n) is 24.6. The summed E-state index contributed by atoms with van der Waals surface area (Å²) < 4.78 is 43.5. The molecule has 1 N–H and O–H groups in total. The number of fused-ring (bicyclic) bond motifs is 7. The van der Waals surface area contributed by atoms with E-state index in [1.807, 2.05) is 11.0 Å². The lowest BCUT2D eigenvalue weighted by atomic mass is 9.95. The quantitative estimate of drug-likeness (QED) is 0.286. The molecule has 10 nitrogen and oxygen atoms in total. The summed E-state index contributed by atoms with van der Waals surface area (Å²) in [6.45, 7) is 2.44. The maximum Gasteiger partial charge on any atom is 0.319 e. The summed E-state index contributed by atoms with van der Waals surface area (Å²) in [5.41, 5.74) is 1.32. The van der Waals surface area contributed by atoms with E-state index in [2.05, 4.69) is 25.1 Å². The molecular formula is C32H32ClF2N7O3. The molecule has 0 unspecified atom stereocenters. The molecule has 3 saturated heterocycles. The van der Waals surface area contributed by atoms with Gasteiger partial charge in [-0.3, -0.25) is 19.8 Å². The summed E-state index contributed by atoms with van der Waals surface area (Å²) in [7, 11) is 0. The van der Waals surface area contributed by atoms with Crippen molar-refractivity contribution < 1.29 is 23.0 Å². The predicted molar refractivity (Wildman–Crippen MR) is 166 cm³/mol. The van der Waals surface area contributed by atoms with Gasteiger partial charge in [-0.2, -0.15) is 15.1 Å². The summed E-state index contributed by atoms with van der Waals surface area (Å²) in [6, 6.07) is 1.74. The number of alkyl halides is 1. The lowest BCUT2D eigenvalue weighted by Crippen LogP contribution is -2.43. The first kappa shape index (κ1) is 28.6. The number of piperidine rings is 1. The summed E-state index contributed by atoms with van der Waals surface area (Å²) >= 11 is 6.73. The van der Waals surface area contributed by atoms with Crippen LogP contribution in [0.1, 0.15) is 50.5 Å². The van der Waals surface area contributed by atoms with Crippen LogP contribution in [0.2, 0.25) is 5.02 Å². The Kier molecular flexibility index (Phi) is 7.09. The number of ether oxygens (including phenoxy) is 2. The molecule has 5 aliphatic rings. The van der Waals surface area contributed by atoms with Crippen LogP contribution in [-0.2, 0) is 9.53 Å². The Balaban J connectivity index is 1.30. The van der Waals surface area contributed by atoms with Crippen molar-refractivity contribution >= 4 is 51.3 Å². The van der Waals surface area contributed by atoms with Crippen molar-refractivity contribution in [2.24, 2.45) is 0 Å². The number of H-pyrrole nitrogens is 1. The summed E-state index contributed by atoms with van der Waals surface area (Å²) in [5.74, 6) is -0.472. The molecule has 3 aromatic heterocycles. The second kappa shape index (κ2) is 11.2. The van der Waals surface area contributed by atoms with Gasteiger partial charge in [0.1, 0.15) is 35.9 Å². The van der Waals surface area contributed by atoms with Crippen molar-refractivity contribution in [2.45, 2.75) is 62.8 Å². The number of nitrogens with one attached hydrogen (secondary N) is 1. The van der Waals surface area contributed by atoms with Crippen LogP contribution in [0.3, 0.4) is 0 Å². The first-order valence-corrected chi connectivity index (χ1v) is 15.9. The number of esters is 1. The minimum Gasteiger partial charge on any atom is -0.461 e. The van der Waals surface area contributed by atoms with Crippen LogP contribution in [0.4, 0.5) is 14.6 Å². The van der Waals surface area contributed by atoms with E-state index < -0.39 is 17.5 Å². The highest BCUT2D eigenvalue weighted by molar-refractivity contribution is 6.33. The van der Waals surface area contributed by atoms with Gasteiger partial charge in [0.25, 0.3) is 0 Å². The van der Waals surface area contributed by atoms with E-state index in [-0.39, 0.29) is 42.3 Å². The van der Waals surface area contributed by atoms with Crippen molar-refractivity contribution in [1.82, 2.24) is 30.0 Å². The largest absolute Gasteiger partial charge is 0.461 e. The monoisotopic (exact) mass is 635 g/mol. The van der Waals surface area contributed by atoms with Crippen LogP contribution in [0.5, 0.6) is 6.01 Å². The second-order valence-corrected chi connectivity index (χ2v) is 12.9. The van der Waals surface area contributed by atoms with Gasteiger partial charge in [-0.1, -0.05) is 23.8 Å². The molecule has 1 aromatic carbocycles. The van der Waals surface area contributed by atoms with E-state index in [0.29, 0.717) is 77.2 Å². The number of carbonyl (C=O) groups excluding carboxylic acids is 1. The number of aromatic amines is 1. The van der Waals surface area contributed by atoms with Crippen molar-refractivity contribution in [3.05, 3.63) is 40.9 Å². The number of carbonyl (C=O) groups is 1. The zero-order valence-corrected chi connectivity index (χ0v) is 25.3. The van der Waals surface area contributed by atoms with Crippen LogP contribution in [0, 0.1) is 5.82 Å². The van der Waals surface area contributed by atoms with Crippen LogP contribution >= 0.6 is 11.6 Å². The lowest BCUT2D eigenvalue weighted by Gasteiger charge is -2.34. The summed E-state index contributed by atoms with van der Waals surface area (Å²) in [5, 5.41) is 8.50. The topological polar surface area (TPSA) is 109 Å². The fourth-order valence-corrected chi connectivity index (χ4v) is 7.78. The first-order chi connectivity index (χ1) is 21.9. The van der Waals surface area contributed by atoms with Gasteiger partial charge in [0.15, 0.2) is 5.82 Å². The molecule has 234 valence electrons. The van der Waals surface area contributed by atoms with E-state index in [0.717, 1.165) is 25.8 Å². The Morgan fingerprint density at radius 3 is 3.00 bits per heavy atom. The van der Waals surface area contributed by atoms with Crippen molar-refractivity contribution in [3.8, 4) is 17.3 Å². The number of anilines is 1. The van der Waals surface area contributed by atoms with E-state index in [1.54, 1.807) is 24.5 Å². The third kappa shape index (κ3) is 4.98. The highest BCUT2D eigenvalue weighted by atomic mass is 35.5. The van der Waals surface area contributed by atoms with Crippen LogP contribution in [-0.4, -0.2) is 86.6 Å². The highest BCUT2D eigenvalue weighted by Gasteiger charge is 2.49. The fraction of sp³-hybridized carbons (Fsp3) is 0.469. The summed E-state index contributed by atoms with van der Waals surface area (Å²) in [4.78, 5) is 30.9. The maximum absolute atomic E-state index is 16.9.